The Morgan fingerprint density at radius 3 is 2.94 bits per heavy atom. The molecule has 7 nitrogen and oxygen atoms in total. The molecule has 7 heteroatoms. The van der Waals surface area contributed by atoms with Crippen molar-refractivity contribution in [3.63, 3.8) is 0 Å². The maximum absolute atomic E-state index is 5.89. The average Bonchev–Trinajstić information content (AvgIpc) is 2.97. The maximum atomic E-state index is 5.89. The first-order chi connectivity index (χ1) is 8.24. The topological polar surface area (TPSA) is 87.4 Å². The molecule has 1 atom stereocenters. The van der Waals surface area contributed by atoms with Crippen LogP contribution >= 0.6 is 0 Å². The number of hydrogen-bond donors (Lipinski definition) is 1. The zero-order chi connectivity index (χ0) is 12.3. The van der Waals surface area contributed by atoms with Crippen LogP contribution in [0.15, 0.2) is 12.5 Å². The lowest BCUT2D eigenvalue weighted by Gasteiger charge is -2.03. The van der Waals surface area contributed by atoms with E-state index >= 15 is 0 Å². The fraction of sp³-hybridized carbons (Fsp3) is 0.600. The lowest BCUT2D eigenvalue weighted by atomic mass is 10.2. The van der Waals surface area contributed by atoms with Gasteiger partial charge in [0.25, 0.3) is 0 Å². The first-order valence-electron chi connectivity index (χ1n) is 5.76. The van der Waals surface area contributed by atoms with E-state index in [4.69, 9.17) is 5.73 Å². The van der Waals surface area contributed by atoms with Gasteiger partial charge in [0.15, 0.2) is 0 Å². The molecule has 0 saturated carbocycles. The molecule has 92 valence electrons. The number of aryl methyl sites for hydroxylation is 1. The van der Waals surface area contributed by atoms with Gasteiger partial charge in [-0.25, -0.2) is 14.3 Å². The zero-order valence-corrected chi connectivity index (χ0v) is 10.1. The van der Waals surface area contributed by atoms with Crippen LogP contribution in [0, 0.1) is 0 Å². The van der Waals surface area contributed by atoms with Crippen molar-refractivity contribution in [1.29, 1.82) is 0 Å². The van der Waals surface area contributed by atoms with E-state index in [1.807, 2.05) is 24.7 Å². The monoisotopic (exact) mass is 235 g/mol. The quantitative estimate of drug-likeness (QED) is 0.807. The number of hydrogen-bond acceptors (Lipinski definition) is 5. The lowest BCUT2D eigenvalue weighted by Crippen LogP contribution is -2.10. The van der Waals surface area contributed by atoms with Crippen LogP contribution in [0.5, 0.6) is 0 Å². The molecule has 2 rings (SSSR count). The van der Waals surface area contributed by atoms with Crippen molar-refractivity contribution < 1.29 is 0 Å². The molecule has 0 bridgehead atoms. The van der Waals surface area contributed by atoms with E-state index in [0.29, 0.717) is 6.54 Å². The van der Waals surface area contributed by atoms with Crippen LogP contribution in [0.25, 0.3) is 0 Å². The SMILES string of the molecule is CCC(N)c1cn(Cc2ncnn2CC)nn1. The number of rotatable bonds is 5. The van der Waals surface area contributed by atoms with Crippen LogP contribution in [0.4, 0.5) is 0 Å². The van der Waals surface area contributed by atoms with E-state index in [1.165, 1.54) is 0 Å². The molecule has 0 fully saturated rings. The van der Waals surface area contributed by atoms with Gasteiger partial charge in [0.2, 0.25) is 0 Å². The summed E-state index contributed by atoms with van der Waals surface area (Å²) in [6.45, 7) is 5.41. The molecular weight excluding hydrogens is 218 g/mol. The Morgan fingerprint density at radius 1 is 1.41 bits per heavy atom. The minimum absolute atomic E-state index is 0.0483. The van der Waals surface area contributed by atoms with E-state index in [2.05, 4.69) is 20.4 Å². The van der Waals surface area contributed by atoms with Crippen molar-refractivity contribution in [2.24, 2.45) is 5.73 Å². The Bertz CT molecular complexity index is 472. The Kier molecular flexibility index (Phi) is 3.48. The third-order valence-electron chi connectivity index (χ3n) is 2.67. The molecule has 2 aromatic heterocycles. The number of nitrogens with zero attached hydrogens (tertiary/aromatic N) is 6. The standard InChI is InChI=1S/C10H17N7/c1-3-8(11)9-5-16(15-14-9)6-10-12-7-13-17(10)4-2/h5,7-8H,3-4,6,11H2,1-2H3. The molecule has 0 aromatic carbocycles. The molecule has 0 aliphatic carbocycles. The van der Waals surface area contributed by atoms with Gasteiger partial charge < -0.3 is 5.73 Å². The van der Waals surface area contributed by atoms with Gasteiger partial charge in [-0.1, -0.05) is 12.1 Å². The zero-order valence-electron chi connectivity index (χ0n) is 10.1. The van der Waals surface area contributed by atoms with Crippen molar-refractivity contribution in [1.82, 2.24) is 29.8 Å². The highest BCUT2D eigenvalue weighted by molar-refractivity contribution is 5.00. The van der Waals surface area contributed by atoms with Gasteiger partial charge in [0.05, 0.1) is 17.9 Å². The summed E-state index contributed by atoms with van der Waals surface area (Å²) in [7, 11) is 0. The summed E-state index contributed by atoms with van der Waals surface area (Å²) in [6, 6.07) is -0.0483. The number of nitrogens with two attached hydrogens (primary N) is 1. The molecule has 0 radical (unpaired) electrons. The molecule has 2 N–H and O–H groups in total. The fourth-order valence-corrected chi connectivity index (χ4v) is 1.59. The van der Waals surface area contributed by atoms with Crippen LogP contribution in [0.1, 0.15) is 37.8 Å². The summed E-state index contributed by atoms with van der Waals surface area (Å²) in [4.78, 5) is 4.19. The second-order valence-electron chi connectivity index (χ2n) is 3.85. The van der Waals surface area contributed by atoms with E-state index in [0.717, 1.165) is 24.5 Å². The Labute approximate surface area is 99.6 Å². The normalized spacial score (nSPS) is 12.9. The lowest BCUT2D eigenvalue weighted by molar-refractivity contribution is 0.557. The molecule has 0 saturated heterocycles. The van der Waals surface area contributed by atoms with Gasteiger partial charge in [-0.3, -0.25) is 0 Å². The average molecular weight is 235 g/mol. The molecule has 17 heavy (non-hydrogen) atoms. The van der Waals surface area contributed by atoms with Gasteiger partial charge in [0.1, 0.15) is 18.7 Å². The molecule has 0 amide bonds. The highest BCUT2D eigenvalue weighted by atomic mass is 15.4. The highest BCUT2D eigenvalue weighted by Crippen LogP contribution is 2.09. The molecule has 2 aromatic rings. The third-order valence-corrected chi connectivity index (χ3v) is 2.67. The molecule has 2 heterocycles. The summed E-state index contributed by atoms with van der Waals surface area (Å²) >= 11 is 0. The Hall–Kier alpha value is -1.76. The van der Waals surface area contributed by atoms with Crippen molar-refractivity contribution in [2.75, 3.05) is 0 Å². The second kappa shape index (κ2) is 5.05. The first kappa shape index (κ1) is 11.7. The Balaban J connectivity index is 2.11. The molecule has 0 aliphatic rings. The summed E-state index contributed by atoms with van der Waals surface area (Å²) in [5.41, 5.74) is 6.70. The highest BCUT2D eigenvalue weighted by Gasteiger charge is 2.10. The fourth-order valence-electron chi connectivity index (χ4n) is 1.59. The molecule has 0 aliphatic heterocycles. The van der Waals surface area contributed by atoms with Crippen LogP contribution in [0.2, 0.25) is 0 Å². The maximum Gasteiger partial charge on any atom is 0.148 e. The molecule has 0 spiro atoms. The van der Waals surface area contributed by atoms with Crippen LogP contribution in [-0.2, 0) is 13.1 Å². The van der Waals surface area contributed by atoms with Crippen LogP contribution in [0.3, 0.4) is 0 Å². The third kappa shape index (κ3) is 2.50. The van der Waals surface area contributed by atoms with Crippen LogP contribution < -0.4 is 5.73 Å². The van der Waals surface area contributed by atoms with E-state index in [-0.39, 0.29) is 6.04 Å². The summed E-state index contributed by atoms with van der Waals surface area (Å²) in [5, 5.41) is 12.2. The van der Waals surface area contributed by atoms with Crippen LogP contribution in [-0.4, -0.2) is 29.8 Å². The predicted molar refractivity (Wildman–Crippen MR) is 62.0 cm³/mol. The smallest absolute Gasteiger partial charge is 0.148 e. The van der Waals surface area contributed by atoms with Crippen molar-refractivity contribution >= 4 is 0 Å². The first-order valence-corrected chi connectivity index (χ1v) is 5.76. The van der Waals surface area contributed by atoms with E-state index < -0.39 is 0 Å². The van der Waals surface area contributed by atoms with Gasteiger partial charge >= 0.3 is 0 Å². The Morgan fingerprint density at radius 2 is 2.24 bits per heavy atom. The van der Waals surface area contributed by atoms with Crippen molar-refractivity contribution in [2.45, 2.75) is 39.4 Å². The summed E-state index contributed by atoms with van der Waals surface area (Å²) in [6.07, 6.45) is 4.27. The van der Waals surface area contributed by atoms with E-state index in [1.54, 1.807) is 11.0 Å². The minimum atomic E-state index is -0.0483. The van der Waals surface area contributed by atoms with Gasteiger partial charge in [-0.2, -0.15) is 5.10 Å². The van der Waals surface area contributed by atoms with E-state index in [9.17, 15) is 0 Å². The van der Waals surface area contributed by atoms with Crippen molar-refractivity contribution in [3.8, 4) is 0 Å². The molecule has 1 unspecified atom stereocenters. The summed E-state index contributed by atoms with van der Waals surface area (Å²) < 4.78 is 3.57. The molecular formula is C10H17N7. The largest absolute Gasteiger partial charge is 0.323 e. The van der Waals surface area contributed by atoms with Gasteiger partial charge in [-0.15, -0.1) is 5.10 Å². The van der Waals surface area contributed by atoms with Crippen molar-refractivity contribution in [3.05, 3.63) is 24.0 Å². The summed E-state index contributed by atoms with van der Waals surface area (Å²) in [5.74, 6) is 0.869. The van der Waals surface area contributed by atoms with Gasteiger partial charge in [-0.05, 0) is 13.3 Å². The minimum Gasteiger partial charge on any atom is -0.323 e. The number of aromatic nitrogens is 6. The second-order valence-corrected chi connectivity index (χ2v) is 3.85. The predicted octanol–water partition coefficient (Wildman–Crippen LogP) is 0.348. The van der Waals surface area contributed by atoms with Gasteiger partial charge in [0, 0.05) is 6.54 Å².